The lowest BCUT2D eigenvalue weighted by Crippen LogP contribution is -2.40. The van der Waals surface area contributed by atoms with Crippen LogP contribution in [0.1, 0.15) is 25.7 Å². The van der Waals surface area contributed by atoms with Crippen LogP contribution in [0, 0.1) is 5.92 Å². The van der Waals surface area contributed by atoms with Crippen molar-refractivity contribution >= 4 is 0 Å². The lowest BCUT2D eigenvalue weighted by Gasteiger charge is -2.35. The fourth-order valence-corrected chi connectivity index (χ4v) is 2.14. The molecule has 0 bridgehead atoms. The van der Waals surface area contributed by atoms with Gasteiger partial charge < -0.3 is 10.6 Å². The first-order valence-electron chi connectivity index (χ1n) is 4.62. The molecule has 0 unspecified atom stereocenters. The summed E-state index contributed by atoms with van der Waals surface area (Å²) in [4.78, 5) is 2.33. The predicted molar refractivity (Wildman–Crippen MR) is 48.5 cm³/mol. The Kier molecular flexibility index (Phi) is 3.34. The molecule has 2 N–H and O–H groups in total. The smallest absolute Gasteiger partial charge is 0.0129 e. The summed E-state index contributed by atoms with van der Waals surface area (Å²) in [6, 6.07) is 0.744. The fraction of sp³-hybridized carbons (Fsp3) is 1.00. The monoisotopic (exact) mass is 156 g/mol. The van der Waals surface area contributed by atoms with Gasteiger partial charge in [0.2, 0.25) is 0 Å². The van der Waals surface area contributed by atoms with E-state index < -0.39 is 0 Å². The highest BCUT2D eigenvalue weighted by atomic mass is 15.1. The van der Waals surface area contributed by atoms with Crippen LogP contribution in [0.25, 0.3) is 0 Å². The van der Waals surface area contributed by atoms with Crippen LogP contribution in [0.3, 0.4) is 0 Å². The van der Waals surface area contributed by atoms with Crippen LogP contribution >= 0.6 is 0 Å². The normalized spacial score (nSPS) is 32.7. The predicted octanol–water partition coefficient (Wildman–Crippen LogP) is 1.07. The molecular weight excluding hydrogens is 136 g/mol. The Balaban J connectivity index is 2.44. The Hall–Kier alpha value is -0.0800. The van der Waals surface area contributed by atoms with Crippen LogP contribution in [-0.4, -0.2) is 31.6 Å². The van der Waals surface area contributed by atoms with Gasteiger partial charge in [0, 0.05) is 6.04 Å². The largest absolute Gasteiger partial charge is 0.330 e. The molecule has 2 nitrogen and oxygen atoms in total. The molecule has 1 saturated carbocycles. The van der Waals surface area contributed by atoms with Crippen molar-refractivity contribution in [3.05, 3.63) is 0 Å². The standard InChI is InChI=1S/C9H20N2/c1-11(2)9-6-4-3-5-8(9)7-10/h8-9H,3-7,10H2,1-2H3/t8-,9-/m0/s1. The highest BCUT2D eigenvalue weighted by molar-refractivity contribution is 4.80. The lowest BCUT2D eigenvalue weighted by atomic mass is 9.84. The molecule has 2 atom stereocenters. The summed E-state index contributed by atoms with van der Waals surface area (Å²) in [6.07, 6.45) is 5.44. The van der Waals surface area contributed by atoms with Crippen molar-refractivity contribution in [2.45, 2.75) is 31.7 Å². The fourth-order valence-electron chi connectivity index (χ4n) is 2.14. The minimum Gasteiger partial charge on any atom is -0.330 e. The zero-order valence-electron chi connectivity index (χ0n) is 7.71. The molecule has 0 radical (unpaired) electrons. The van der Waals surface area contributed by atoms with Crippen molar-refractivity contribution < 1.29 is 0 Å². The lowest BCUT2D eigenvalue weighted by molar-refractivity contribution is 0.160. The van der Waals surface area contributed by atoms with E-state index in [-0.39, 0.29) is 0 Å². The molecule has 0 aromatic rings. The van der Waals surface area contributed by atoms with Crippen LogP contribution in [0.2, 0.25) is 0 Å². The van der Waals surface area contributed by atoms with E-state index in [9.17, 15) is 0 Å². The Morgan fingerprint density at radius 2 is 1.91 bits per heavy atom. The zero-order valence-corrected chi connectivity index (χ0v) is 7.71. The Morgan fingerprint density at radius 1 is 1.27 bits per heavy atom. The molecule has 0 aromatic carbocycles. The molecule has 0 heterocycles. The van der Waals surface area contributed by atoms with E-state index in [1.54, 1.807) is 0 Å². The third-order valence-electron chi connectivity index (χ3n) is 2.83. The molecule has 0 saturated heterocycles. The molecule has 1 rings (SSSR count). The van der Waals surface area contributed by atoms with Crippen LogP contribution in [-0.2, 0) is 0 Å². The number of rotatable bonds is 2. The van der Waals surface area contributed by atoms with Crippen LogP contribution in [0.4, 0.5) is 0 Å². The average Bonchev–Trinajstić information content (AvgIpc) is 2.04. The van der Waals surface area contributed by atoms with Gasteiger partial charge >= 0.3 is 0 Å². The first kappa shape index (κ1) is 9.01. The van der Waals surface area contributed by atoms with Crippen LogP contribution in [0.5, 0.6) is 0 Å². The molecule has 0 aliphatic heterocycles. The van der Waals surface area contributed by atoms with E-state index in [2.05, 4.69) is 19.0 Å². The van der Waals surface area contributed by atoms with Crippen molar-refractivity contribution in [3.8, 4) is 0 Å². The van der Waals surface area contributed by atoms with E-state index in [1.165, 1.54) is 25.7 Å². The van der Waals surface area contributed by atoms with E-state index in [0.29, 0.717) is 0 Å². The summed E-state index contributed by atoms with van der Waals surface area (Å²) in [5, 5.41) is 0. The highest BCUT2D eigenvalue weighted by Crippen LogP contribution is 2.26. The summed E-state index contributed by atoms with van der Waals surface area (Å²) >= 11 is 0. The second-order valence-corrected chi connectivity index (χ2v) is 3.81. The van der Waals surface area contributed by atoms with Gasteiger partial charge in [-0.3, -0.25) is 0 Å². The molecule has 1 fully saturated rings. The highest BCUT2D eigenvalue weighted by Gasteiger charge is 2.24. The molecule has 1 aliphatic carbocycles. The molecule has 11 heavy (non-hydrogen) atoms. The maximum atomic E-state index is 5.70. The van der Waals surface area contributed by atoms with Crippen molar-refractivity contribution in [1.82, 2.24) is 4.90 Å². The number of hydrogen-bond acceptors (Lipinski definition) is 2. The van der Waals surface area contributed by atoms with Crippen molar-refractivity contribution in [1.29, 1.82) is 0 Å². The van der Waals surface area contributed by atoms with Crippen molar-refractivity contribution in [3.63, 3.8) is 0 Å². The number of nitrogens with zero attached hydrogens (tertiary/aromatic N) is 1. The summed E-state index contributed by atoms with van der Waals surface area (Å²) in [5.74, 6) is 0.749. The second-order valence-electron chi connectivity index (χ2n) is 3.81. The summed E-state index contributed by atoms with van der Waals surface area (Å²) in [5.41, 5.74) is 5.70. The second kappa shape index (κ2) is 4.07. The van der Waals surface area contributed by atoms with Gasteiger partial charge in [-0.1, -0.05) is 12.8 Å². The number of nitrogens with two attached hydrogens (primary N) is 1. The van der Waals surface area contributed by atoms with Gasteiger partial charge in [0.1, 0.15) is 0 Å². The van der Waals surface area contributed by atoms with Gasteiger partial charge in [-0.2, -0.15) is 0 Å². The zero-order chi connectivity index (χ0) is 8.27. The molecule has 0 amide bonds. The van der Waals surface area contributed by atoms with Crippen LogP contribution < -0.4 is 5.73 Å². The molecule has 66 valence electrons. The first-order chi connectivity index (χ1) is 5.25. The average molecular weight is 156 g/mol. The van der Waals surface area contributed by atoms with Gasteiger partial charge in [0.05, 0.1) is 0 Å². The Morgan fingerprint density at radius 3 is 2.36 bits per heavy atom. The molecule has 0 aromatic heterocycles. The third-order valence-corrected chi connectivity index (χ3v) is 2.83. The van der Waals surface area contributed by atoms with E-state index in [1.807, 2.05) is 0 Å². The van der Waals surface area contributed by atoms with Gasteiger partial charge in [-0.15, -0.1) is 0 Å². The van der Waals surface area contributed by atoms with Gasteiger partial charge in [0.15, 0.2) is 0 Å². The molecule has 2 heteroatoms. The molecular formula is C9H20N2. The first-order valence-corrected chi connectivity index (χ1v) is 4.62. The Bertz CT molecular complexity index is 112. The maximum Gasteiger partial charge on any atom is 0.0129 e. The van der Waals surface area contributed by atoms with E-state index in [4.69, 9.17) is 5.73 Å². The van der Waals surface area contributed by atoms with Gasteiger partial charge in [0.25, 0.3) is 0 Å². The molecule has 0 spiro atoms. The summed E-state index contributed by atoms with van der Waals surface area (Å²) < 4.78 is 0. The summed E-state index contributed by atoms with van der Waals surface area (Å²) in [6.45, 7) is 0.864. The quantitative estimate of drug-likeness (QED) is 0.648. The topological polar surface area (TPSA) is 29.3 Å². The van der Waals surface area contributed by atoms with E-state index >= 15 is 0 Å². The van der Waals surface area contributed by atoms with Crippen molar-refractivity contribution in [2.75, 3.05) is 20.6 Å². The number of hydrogen-bond donors (Lipinski definition) is 1. The Labute approximate surface area is 69.8 Å². The third kappa shape index (κ3) is 2.17. The van der Waals surface area contributed by atoms with E-state index in [0.717, 1.165) is 18.5 Å². The SMILES string of the molecule is CN(C)[C@H]1CCCC[C@H]1CN. The summed E-state index contributed by atoms with van der Waals surface area (Å²) in [7, 11) is 4.33. The van der Waals surface area contributed by atoms with Crippen molar-refractivity contribution in [2.24, 2.45) is 11.7 Å². The maximum absolute atomic E-state index is 5.70. The van der Waals surface area contributed by atoms with Gasteiger partial charge in [-0.05, 0) is 39.4 Å². The van der Waals surface area contributed by atoms with Gasteiger partial charge in [-0.25, -0.2) is 0 Å². The molecule has 1 aliphatic rings. The van der Waals surface area contributed by atoms with Crippen LogP contribution in [0.15, 0.2) is 0 Å². The minimum atomic E-state index is 0.744. The minimum absolute atomic E-state index is 0.744.